The lowest BCUT2D eigenvalue weighted by molar-refractivity contribution is 0.706. The normalized spacial score (nSPS) is 17.9. The van der Waals surface area contributed by atoms with Crippen molar-refractivity contribution in [3.8, 4) is 0 Å². The third-order valence-electron chi connectivity index (χ3n) is 3.50. The molecule has 0 atom stereocenters. The van der Waals surface area contributed by atoms with E-state index in [1.807, 2.05) is 12.4 Å². The molecule has 2 aromatic rings. The first-order valence-corrected chi connectivity index (χ1v) is 5.38. The van der Waals surface area contributed by atoms with E-state index in [0.29, 0.717) is 0 Å². The summed E-state index contributed by atoms with van der Waals surface area (Å²) in [4.78, 5) is 4.12. The number of hydrogen-bond donors (Lipinski definition) is 1. The first-order valence-electron chi connectivity index (χ1n) is 5.38. The zero-order valence-electron chi connectivity index (χ0n) is 8.61. The number of hydrogen-bond acceptors (Lipinski definition) is 2. The molecule has 2 heteroatoms. The van der Waals surface area contributed by atoms with Crippen LogP contribution in [0.2, 0.25) is 0 Å². The van der Waals surface area contributed by atoms with Crippen molar-refractivity contribution in [2.45, 2.75) is 18.3 Å². The second kappa shape index (κ2) is 3.04. The van der Waals surface area contributed by atoms with E-state index in [1.165, 1.54) is 29.2 Å². The molecule has 0 aliphatic heterocycles. The van der Waals surface area contributed by atoms with Crippen LogP contribution in [-0.2, 0) is 5.41 Å². The van der Waals surface area contributed by atoms with E-state index in [4.69, 9.17) is 5.73 Å². The Kier molecular flexibility index (Phi) is 1.80. The van der Waals surface area contributed by atoms with Gasteiger partial charge in [-0.2, -0.15) is 0 Å². The van der Waals surface area contributed by atoms with Crippen LogP contribution in [0.4, 0.5) is 0 Å². The van der Waals surface area contributed by atoms with E-state index >= 15 is 0 Å². The highest BCUT2D eigenvalue weighted by Crippen LogP contribution is 2.47. The first kappa shape index (κ1) is 8.86. The lowest BCUT2D eigenvalue weighted by Gasteiger charge is -2.13. The zero-order chi connectivity index (χ0) is 10.3. The van der Waals surface area contributed by atoms with Crippen molar-refractivity contribution in [3.05, 3.63) is 42.2 Å². The van der Waals surface area contributed by atoms with Crippen LogP contribution < -0.4 is 5.73 Å². The van der Waals surface area contributed by atoms with E-state index in [-0.39, 0.29) is 5.41 Å². The molecule has 1 saturated carbocycles. The van der Waals surface area contributed by atoms with Crippen LogP contribution in [-0.4, -0.2) is 11.5 Å². The topological polar surface area (TPSA) is 38.9 Å². The highest BCUT2D eigenvalue weighted by atomic mass is 14.7. The molecule has 0 bridgehead atoms. The third kappa shape index (κ3) is 1.33. The molecule has 15 heavy (non-hydrogen) atoms. The average Bonchev–Trinajstić information content (AvgIpc) is 3.09. The maximum Gasteiger partial charge on any atom is 0.0346 e. The number of rotatable bonds is 2. The van der Waals surface area contributed by atoms with Crippen LogP contribution in [0.3, 0.4) is 0 Å². The zero-order valence-corrected chi connectivity index (χ0v) is 8.61. The van der Waals surface area contributed by atoms with Gasteiger partial charge in [0.15, 0.2) is 0 Å². The fourth-order valence-electron chi connectivity index (χ4n) is 2.17. The largest absolute Gasteiger partial charge is 0.330 e. The summed E-state index contributed by atoms with van der Waals surface area (Å²) in [5.74, 6) is 0. The van der Waals surface area contributed by atoms with Gasteiger partial charge in [-0.25, -0.2) is 0 Å². The Balaban J connectivity index is 2.14. The lowest BCUT2D eigenvalue weighted by atomic mass is 9.94. The summed E-state index contributed by atoms with van der Waals surface area (Å²) >= 11 is 0. The van der Waals surface area contributed by atoms with Crippen LogP contribution in [0.25, 0.3) is 10.8 Å². The predicted molar refractivity (Wildman–Crippen MR) is 61.7 cm³/mol. The van der Waals surface area contributed by atoms with Crippen molar-refractivity contribution in [1.29, 1.82) is 0 Å². The van der Waals surface area contributed by atoms with Gasteiger partial charge in [0, 0.05) is 29.7 Å². The fraction of sp³-hybridized carbons (Fsp3) is 0.308. The van der Waals surface area contributed by atoms with E-state index in [0.717, 1.165) is 6.54 Å². The Bertz CT molecular complexity index is 501. The first-order chi connectivity index (χ1) is 7.34. The maximum absolute atomic E-state index is 5.83. The van der Waals surface area contributed by atoms with Crippen LogP contribution in [0, 0.1) is 0 Å². The summed E-state index contributed by atoms with van der Waals surface area (Å²) in [5, 5.41) is 2.47. The molecular weight excluding hydrogens is 184 g/mol. The monoisotopic (exact) mass is 198 g/mol. The molecule has 0 saturated heterocycles. The summed E-state index contributed by atoms with van der Waals surface area (Å²) in [7, 11) is 0. The smallest absolute Gasteiger partial charge is 0.0346 e. The fourth-order valence-corrected chi connectivity index (χ4v) is 2.17. The van der Waals surface area contributed by atoms with E-state index < -0.39 is 0 Å². The molecule has 2 nitrogen and oxygen atoms in total. The van der Waals surface area contributed by atoms with Crippen molar-refractivity contribution in [1.82, 2.24) is 4.98 Å². The predicted octanol–water partition coefficient (Wildman–Crippen LogP) is 2.23. The minimum Gasteiger partial charge on any atom is -0.330 e. The van der Waals surface area contributed by atoms with Crippen molar-refractivity contribution < 1.29 is 0 Å². The number of aromatic nitrogens is 1. The van der Waals surface area contributed by atoms with Crippen LogP contribution in [0.1, 0.15) is 18.4 Å². The Hall–Kier alpha value is -1.41. The number of nitrogens with two attached hydrogens (primary N) is 1. The molecule has 0 spiro atoms. The summed E-state index contributed by atoms with van der Waals surface area (Å²) in [6, 6.07) is 8.67. The van der Waals surface area contributed by atoms with Crippen LogP contribution in [0.5, 0.6) is 0 Å². The van der Waals surface area contributed by atoms with Crippen molar-refractivity contribution >= 4 is 10.8 Å². The molecule has 0 amide bonds. The number of fused-ring (bicyclic) bond motifs is 1. The van der Waals surface area contributed by atoms with Gasteiger partial charge in [0.1, 0.15) is 0 Å². The molecule has 3 rings (SSSR count). The van der Waals surface area contributed by atoms with Gasteiger partial charge in [0.2, 0.25) is 0 Å². The Labute approximate surface area is 89.1 Å². The second-order valence-corrected chi connectivity index (χ2v) is 4.42. The third-order valence-corrected chi connectivity index (χ3v) is 3.50. The quantitative estimate of drug-likeness (QED) is 0.803. The van der Waals surface area contributed by atoms with Gasteiger partial charge in [-0.3, -0.25) is 4.98 Å². The molecule has 1 aliphatic rings. The van der Waals surface area contributed by atoms with Gasteiger partial charge in [0.05, 0.1) is 0 Å². The van der Waals surface area contributed by atoms with Crippen molar-refractivity contribution in [3.63, 3.8) is 0 Å². The molecule has 1 aromatic heterocycles. The van der Waals surface area contributed by atoms with Crippen molar-refractivity contribution in [2.24, 2.45) is 5.73 Å². The Morgan fingerprint density at radius 1 is 1.20 bits per heavy atom. The van der Waals surface area contributed by atoms with Gasteiger partial charge in [-0.05, 0) is 29.9 Å². The van der Waals surface area contributed by atoms with E-state index in [9.17, 15) is 0 Å². The van der Waals surface area contributed by atoms with E-state index in [2.05, 4.69) is 29.2 Å². The standard InChI is InChI=1S/C13H14N2/c14-9-13(4-5-13)12-2-1-11-8-15-6-3-10(11)7-12/h1-3,6-8H,4-5,9,14H2. The molecule has 2 N–H and O–H groups in total. The van der Waals surface area contributed by atoms with Gasteiger partial charge >= 0.3 is 0 Å². The maximum atomic E-state index is 5.83. The van der Waals surface area contributed by atoms with E-state index in [1.54, 1.807) is 0 Å². The molecule has 1 heterocycles. The van der Waals surface area contributed by atoms with Gasteiger partial charge in [-0.1, -0.05) is 18.2 Å². The molecule has 0 radical (unpaired) electrons. The summed E-state index contributed by atoms with van der Waals surface area (Å²) < 4.78 is 0. The second-order valence-electron chi connectivity index (χ2n) is 4.42. The lowest BCUT2D eigenvalue weighted by Crippen LogP contribution is -2.19. The minimum atomic E-state index is 0.289. The average molecular weight is 198 g/mol. The highest BCUT2D eigenvalue weighted by molar-refractivity contribution is 5.82. The summed E-state index contributed by atoms with van der Waals surface area (Å²) in [5.41, 5.74) is 7.51. The summed E-state index contributed by atoms with van der Waals surface area (Å²) in [6.45, 7) is 0.767. The SMILES string of the molecule is NCC1(c2ccc3cnccc3c2)CC1. The Morgan fingerprint density at radius 3 is 2.80 bits per heavy atom. The van der Waals surface area contributed by atoms with Crippen LogP contribution in [0.15, 0.2) is 36.7 Å². The minimum absolute atomic E-state index is 0.289. The molecule has 76 valence electrons. The highest BCUT2D eigenvalue weighted by Gasteiger charge is 2.42. The molecule has 0 unspecified atom stereocenters. The molecule has 1 aromatic carbocycles. The molecule has 1 aliphatic carbocycles. The van der Waals surface area contributed by atoms with Crippen molar-refractivity contribution in [2.75, 3.05) is 6.54 Å². The van der Waals surface area contributed by atoms with Gasteiger partial charge < -0.3 is 5.73 Å². The summed E-state index contributed by atoms with van der Waals surface area (Å²) in [6.07, 6.45) is 6.22. The van der Waals surface area contributed by atoms with Gasteiger partial charge in [-0.15, -0.1) is 0 Å². The number of nitrogens with zero attached hydrogens (tertiary/aromatic N) is 1. The van der Waals surface area contributed by atoms with Crippen LogP contribution >= 0.6 is 0 Å². The number of benzene rings is 1. The molecular formula is C13H14N2. The molecule has 1 fully saturated rings. The Morgan fingerprint density at radius 2 is 2.07 bits per heavy atom. The number of pyridine rings is 1. The van der Waals surface area contributed by atoms with Gasteiger partial charge in [0.25, 0.3) is 0 Å².